The van der Waals surface area contributed by atoms with Crippen LogP contribution in [0.3, 0.4) is 0 Å². The third-order valence-electron chi connectivity index (χ3n) is 7.22. The standard InChI is InChI=1S/C30H32F3N5O/c1-18(2)16-37(20(4)21-8-6-5-7-9-21)28-15-25(22-12-23(31)29(33)24(32)13-22)34-27-14-26(35-38(27)28)30(39)36-11-10-19(3)17-36/h5-9,12-15,18-20H,10-11,16-17H2,1-4H3/t19-,20?/m0/s1. The summed E-state index contributed by atoms with van der Waals surface area (Å²) < 4.78 is 43.8. The van der Waals surface area contributed by atoms with Gasteiger partial charge < -0.3 is 9.80 Å². The summed E-state index contributed by atoms with van der Waals surface area (Å²) in [6, 6.07) is 15.0. The number of hydrogen-bond donors (Lipinski definition) is 0. The molecule has 0 aliphatic carbocycles. The number of carbonyl (C=O) groups excluding carboxylic acids is 1. The molecule has 2 aromatic carbocycles. The number of carbonyl (C=O) groups is 1. The maximum absolute atomic E-state index is 14.2. The van der Waals surface area contributed by atoms with Gasteiger partial charge in [0.2, 0.25) is 0 Å². The largest absolute Gasteiger partial charge is 0.349 e. The number of anilines is 1. The fourth-order valence-electron chi connectivity index (χ4n) is 5.16. The summed E-state index contributed by atoms with van der Waals surface area (Å²) in [5, 5.41) is 4.68. The highest BCUT2D eigenvalue weighted by Gasteiger charge is 2.28. The second kappa shape index (κ2) is 10.7. The molecule has 9 heteroatoms. The number of likely N-dealkylation sites (tertiary alicyclic amines) is 1. The van der Waals surface area contributed by atoms with E-state index >= 15 is 0 Å². The number of hydrogen-bond acceptors (Lipinski definition) is 4. The molecule has 0 radical (unpaired) electrons. The van der Waals surface area contributed by atoms with Crippen LogP contribution in [0, 0.1) is 29.3 Å². The molecule has 1 saturated heterocycles. The molecule has 204 valence electrons. The van der Waals surface area contributed by atoms with Gasteiger partial charge in [-0.15, -0.1) is 0 Å². The van der Waals surface area contributed by atoms with Gasteiger partial charge in [0.15, 0.2) is 28.8 Å². The predicted molar refractivity (Wildman–Crippen MR) is 145 cm³/mol. The minimum Gasteiger partial charge on any atom is -0.349 e. The van der Waals surface area contributed by atoms with Crippen LogP contribution in [0.1, 0.15) is 56.2 Å². The van der Waals surface area contributed by atoms with Gasteiger partial charge in [-0.1, -0.05) is 51.1 Å². The van der Waals surface area contributed by atoms with E-state index in [1.54, 1.807) is 21.5 Å². The van der Waals surface area contributed by atoms with E-state index in [0.717, 1.165) is 24.1 Å². The molecule has 2 aromatic heterocycles. The molecule has 39 heavy (non-hydrogen) atoms. The lowest BCUT2D eigenvalue weighted by Gasteiger charge is -2.33. The van der Waals surface area contributed by atoms with E-state index in [9.17, 15) is 18.0 Å². The summed E-state index contributed by atoms with van der Waals surface area (Å²) in [5.41, 5.74) is 2.02. The van der Waals surface area contributed by atoms with Crippen LogP contribution in [0.25, 0.3) is 16.9 Å². The number of halogens is 3. The number of nitrogens with zero attached hydrogens (tertiary/aromatic N) is 5. The van der Waals surface area contributed by atoms with Crippen molar-refractivity contribution in [3.05, 3.63) is 83.3 Å². The van der Waals surface area contributed by atoms with Gasteiger partial charge in [-0.05, 0) is 42.9 Å². The van der Waals surface area contributed by atoms with E-state index in [4.69, 9.17) is 0 Å². The first-order valence-electron chi connectivity index (χ1n) is 13.3. The Morgan fingerprint density at radius 1 is 1.05 bits per heavy atom. The molecule has 1 aliphatic heterocycles. The Morgan fingerprint density at radius 3 is 2.36 bits per heavy atom. The molecule has 1 amide bonds. The second-order valence-electron chi connectivity index (χ2n) is 10.8. The summed E-state index contributed by atoms with van der Waals surface area (Å²) in [6.45, 7) is 10.3. The molecule has 0 spiro atoms. The van der Waals surface area contributed by atoms with Crippen LogP contribution in [0.4, 0.5) is 19.0 Å². The minimum atomic E-state index is -1.53. The second-order valence-corrected chi connectivity index (χ2v) is 10.8. The molecule has 4 aromatic rings. The summed E-state index contributed by atoms with van der Waals surface area (Å²) >= 11 is 0. The fourth-order valence-corrected chi connectivity index (χ4v) is 5.16. The Labute approximate surface area is 226 Å². The lowest BCUT2D eigenvalue weighted by atomic mass is 10.0. The smallest absolute Gasteiger partial charge is 0.274 e. The van der Waals surface area contributed by atoms with Gasteiger partial charge in [0.25, 0.3) is 5.91 Å². The van der Waals surface area contributed by atoms with Crippen LogP contribution in [0.2, 0.25) is 0 Å². The first kappa shape index (κ1) is 26.7. The molecule has 0 N–H and O–H groups in total. The van der Waals surface area contributed by atoms with Gasteiger partial charge in [0.1, 0.15) is 5.82 Å². The van der Waals surface area contributed by atoms with Gasteiger partial charge in [0, 0.05) is 37.3 Å². The molecule has 1 aliphatic rings. The van der Waals surface area contributed by atoms with Crippen LogP contribution in [-0.2, 0) is 0 Å². The highest BCUT2D eigenvalue weighted by Crippen LogP contribution is 2.33. The molecule has 1 fully saturated rings. The molecule has 1 unspecified atom stereocenters. The van der Waals surface area contributed by atoms with Crippen molar-refractivity contribution in [1.82, 2.24) is 19.5 Å². The number of benzene rings is 2. The maximum Gasteiger partial charge on any atom is 0.274 e. The molecular weight excluding hydrogens is 503 g/mol. The molecular formula is C30H32F3N5O. The van der Waals surface area contributed by atoms with Crippen LogP contribution < -0.4 is 4.90 Å². The predicted octanol–water partition coefficient (Wildman–Crippen LogP) is 6.52. The van der Waals surface area contributed by atoms with E-state index in [2.05, 4.69) is 42.7 Å². The lowest BCUT2D eigenvalue weighted by Crippen LogP contribution is -2.32. The van der Waals surface area contributed by atoms with E-state index in [0.29, 0.717) is 37.0 Å². The van der Waals surface area contributed by atoms with Crippen molar-refractivity contribution in [1.29, 1.82) is 0 Å². The van der Waals surface area contributed by atoms with Crippen LogP contribution in [0.5, 0.6) is 0 Å². The molecule has 5 rings (SSSR count). The summed E-state index contributed by atoms with van der Waals surface area (Å²) in [5.74, 6) is -3.01. The Kier molecular flexibility index (Phi) is 7.34. The van der Waals surface area contributed by atoms with Gasteiger partial charge >= 0.3 is 0 Å². The third kappa shape index (κ3) is 5.35. The van der Waals surface area contributed by atoms with Gasteiger partial charge in [-0.25, -0.2) is 18.2 Å². The Morgan fingerprint density at radius 2 is 1.74 bits per heavy atom. The van der Waals surface area contributed by atoms with Crippen molar-refractivity contribution in [3.63, 3.8) is 0 Å². The highest BCUT2D eigenvalue weighted by molar-refractivity contribution is 5.93. The van der Waals surface area contributed by atoms with E-state index in [1.807, 2.05) is 30.3 Å². The quantitative estimate of drug-likeness (QED) is 0.253. The number of rotatable bonds is 7. The van der Waals surface area contributed by atoms with Gasteiger partial charge in [-0.3, -0.25) is 4.79 Å². The topological polar surface area (TPSA) is 53.7 Å². The lowest BCUT2D eigenvalue weighted by molar-refractivity contribution is 0.0782. The zero-order valence-electron chi connectivity index (χ0n) is 22.5. The number of aromatic nitrogens is 3. The molecule has 6 nitrogen and oxygen atoms in total. The number of amides is 1. The molecule has 0 saturated carbocycles. The average Bonchev–Trinajstić information content (AvgIpc) is 3.55. The zero-order chi connectivity index (χ0) is 27.8. The molecule has 0 bridgehead atoms. The van der Waals surface area contributed by atoms with Crippen molar-refractivity contribution >= 4 is 17.4 Å². The van der Waals surface area contributed by atoms with E-state index in [-0.39, 0.29) is 34.8 Å². The average molecular weight is 536 g/mol. The van der Waals surface area contributed by atoms with Crippen molar-refractivity contribution in [3.8, 4) is 11.3 Å². The minimum absolute atomic E-state index is 0.0921. The highest BCUT2D eigenvalue weighted by atomic mass is 19.2. The van der Waals surface area contributed by atoms with Crippen LogP contribution >= 0.6 is 0 Å². The van der Waals surface area contributed by atoms with Crippen molar-refractivity contribution < 1.29 is 18.0 Å². The summed E-state index contributed by atoms with van der Waals surface area (Å²) in [4.78, 5) is 21.9. The molecule has 2 atom stereocenters. The first-order valence-corrected chi connectivity index (χ1v) is 13.3. The Hall–Kier alpha value is -3.88. The maximum atomic E-state index is 14.2. The van der Waals surface area contributed by atoms with Crippen LogP contribution in [-0.4, -0.2) is 45.0 Å². The monoisotopic (exact) mass is 535 g/mol. The van der Waals surface area contributed by atoms with E-state index in [1.165, 1.54) is 0 Å². The zero-order valence-corrected chi connectivity index (χ0v) is 22.5. The van der Waals surface area contributed by atoms with Crippen molar-refractivity contribution in [2.75, 3.05) is 24.5 Å². The van der Waals surface area contributed by atoms with Gasteiger partial charge in [0.05, 0.1) is 11.7 Å². The van der Waals surface area contributed by atoms with Gasteiger partial charge in [-0.2, -0.15) is 9.61 Å². The summed E-state index contributed by atoms with van der Waals surface area (Å²) in [7, 11) is 0. The summed E-state index contributed by atoms with van der Waals surface area (Å²) in [6.07, 6.45) is 0.936. The SMILES string of the molecule is CC(C)CN(c1cc(-c2cc(F)c(F)c(F)c2)nc2cc(C(=O)N3CC[C@H](C)C3)nn12)C(C)c1ccccc1. The van der Waals surface area contributed by atoms with Crippen LogP contribution in [0.15, 0.2) is 54.6 Å². The van der Waals surface area contributed by atoms with Crippen molar-refractivity contribution in [2.24, 2.45) is 11.8 Å². The van der Waals surface area contributed by atoms with Crippen molar-refractivity contribution in [2.45, 2.75) is 40.2 Å². The van der Waals surface area contributed by atoms with E-state index < -0.39 is 17.5 Å². The Bertz CT molecular complexity index is 1480. The Balaban J connectivity index is 1.69. The number of fused-ring (bicyclic) bond motifs is 1. The first-order chi connectivity index (χ1) is 18.6. The normalized spacial score (nSPS) is 16.3. The third-order valence-corrected chi connectivity index (χ3v) is 7.22. The fraction of sp³-hybridized carbons (Fsp3) is 0.367. The molecule has 3 heterocycles.